The van der Waals surface area contributed by atoms with Gasteiger partial charge in [-0.2, -0.15) is 0 Å². The normalized spacial score (nSPS) is 16.4. The molecule has 0 amide bonds. The Morgan fingerprint density at radius 2 is 1.39 bits per heavy atom. The average molecular weight is 378 g/mol. The van der Waals surface area contributed by atoms with Crippen LogP contribution in [0.3, 0.4) is 0 Å². The molecule has 0 saturated carbocycles. The van der Waals surface area contributed by atoms with E-state index in [4.69, 9.17) is 11.5 Å². The van der Waals surface area contributed by atoms with Crippen LogP contribution in [-0.2, 0) is 13.1 Å². The molecule has 28 heavy (non-hydrogen) atoms. The number of rotatable bonds is 8. The van der Waals surface area contributed by atoms with Crippen LogP contribution >= 0.6 is 0 Å². The van der Waals surface area contributed by atoms with Crippen LogP contribution in [0.1, 0.15) is 28.2 Å². The minimum Gasteiger partial charge on any atom is -0.389 e. The maximum absolute atomic E-state index is 5.93. The van der Waals surface area contributed by atoms with Gasteiger partial charge in [0.2, 0.25) is 0 Å². The Morgan fingerprint density at radius 3 is 1.82 bits per heavy atom. The predicted octanol–water partition coefficient (Wildman–Crippen LogP) is 2.12. The van der Waals surface area contributed by atoms with Gasteiger partial charge in [0.15, 0.2) is 0 Å². The fourth-order valence-corrected chi connectivity index (χ4v) is 4.12. The zero-order valence-electron chi connectivity index (χ0n) is 16.9. The lowest BCUT2D eigenvalue weighted by Crippen LogP contribution is -2.24. The second-order valence-electron chi connectivity index (χ2n) is 7.02. The first-order valence-electron chi connectivity index (χ1n) is 9.74. The molecule has 0 spiro atoms. The van der Waals surface area contributed by atoms with Gasteiger partial charge < -0.3 is 27.4 Å². The largest absolute Gasteiger partial charge is 0.389 e. The lowest BCUT2D eigenvalue weighted by atomic mass is 9.79. The third-order valence-electron chi connectivity index (χ3n) is 5.46. The zero-order chi connectivity index (χ0) is 20.1. The summed E-state index contributed by atoms with van der Waals surface area (Å²) in [5, 5.41) is 10.1. The second kappa shape index (κ2) is 8.95. The molecule has 0 saturated heterocycles. The standard InChI is InChI=1S/C23H31N5/c1-26-20-12-19(22(27-2)23(20)28-3)21(17-8-4-6-15(10-17)13-24)18-9-5-7-16(11-18)14-25/h4-12,19,21,26-28H,13-14,24-25H2,1-3H3. The number of benzene rings is 2. The van der Waals surface area contributed by atoms with Crippen molar-refractivity contribution in [2.45, 2.75) is 19.0 Å². The van der Waals surface area contributed by atoms with Crippen LogP contribution in [0.15, 0.2) is 71.7 Å². The number of nitrogens with two attached hydrogens (primary N) is 2. The quantitative estimate of drug-likeness (QED) is 0.486. The van der Waals surface area contributed by atoms with Gasteiger partial charge in [-0.25, -0.2) is 0 Å². The van der Waals surface area contributed by atoms with E-state index in [1.54, 1.807) is 0 Å². The van der Waals surface area contributed by atoms with Crippen molar-refractivity contribution in [2.24, 2.45) is 17.4 Å². The third kappa shape index (κ3) is 3.77. The lowest BCUT2D eigenvalue weighted by Gasteiger charge is -2.27. The SMILES string of the molecule is CNC1=CC(C(c2cccc(CN)c2)c2cccc(CN)c2)C(NC)=C1NC. The summed E-state index contributed by atoms with van der Waals surface area (Å²) in [5.41, 5.74) is 20.0. The Balaban J connectivity index is 2.18. The molecule has 5 nitrogen and oxygen atoms in total. The molecule has 0 aromatic heterocycles. The topological polar surface area (TPSA) is 88.1 Å². The number of allylic oxidation sites excluding steroid dienone is 1. The van der Waals surface area contributed by atoms with Gasteiger partial charge in [0, 0.05) is 51.8 Å². The molecule has 0 heterocycles. The fraction of sp³-hybridized carbons (Fsp3) is 0.304. The van der Waals surface area contributed by atoms with Crippen LogP contribution in [0.2, 0.25) is 0 Å². The highest BCUT2D eigenvalue weighted by Crippen LogP contribution is 2.41. The predicted molar refractivity (Wildman–Crippen MR) is 116 cm³/mol. The van der Waals surface area contributed by atoms with Crippen molar-refractivity contribution < 1.29 is 0 Å². The van der Waals surface area contributed by atoms with Gasteiger partial charge >= 0.3 is 0 Å². The summed E-state index contributed by atoms with van der Waals surface area (Å²) in [7, 11) is 5.90. The Morgan fingerprint density at radius 1 is 0.821 bits per heavy atom. The highest BCUT2D eigenvalue weighted by molar-refractivity contribution is 5.48. The first-order chi connectivity index (χ1) is 13.7. The molecule has 7 N–H and O–H groups in total. The Labute approximate surface area is 167 Å². The van der Waals surface area contributed by atoms with E-state index in [0.29, 0.717) is 13.1 Å². The summed E-state index contributed by atoms with van der Waals surface area (Å²) in [5.74, 6) is 0.311. The highest BCUT2D eigenvalue weighted by Gasteiger charge is 2.33. The number of hydrogen-bond donors (Lipinski definition) is 5. The summed E-state index contributed by atoms with van der Waals surface area (Å²) in [6.45, 7) is 1.06. The molecular formula is C23H31N5. The van der Waals surface area contributed by atoms with Crippen molar-refractivity contribution in [2.75, 3.05) is 21.1 Å². The second-order valence-corrected chi connectivity index (χ2v) is 7.02. The molecule has 1 aliphatic carbocycles. The highest BCUT2D eigenvalue weighted by atomic mass is 15.0. The molecule has 0 fully saturated rings. The Hall–Kier alpha value is -2.76. The maximum Gasteiger partial charge on any atom is 0.0769 e. The van der Waals surface area contributed by atoms with Crippen molar-refractivity contribution in [1.82, 2.24) is 16.0 Å². The van der Waals surface area contributed by atoms with Crippen LogP contribution in [0.4, 0.5) is 0 Å². The smallest absolute Gasteiger partial charge is 0.0769 e. The summed E-state index contributed by atoms with van der Waals surface area (Å²) >= 11 is 0. The summed E-state index contributed by atoms with van der Waals surface area (Å²) in [4.78, 5) is 0. The van der Waals surface area contributed by atoms with Gasteiger partial charge in [0.1, 0.15) is 0 Å². The van der Waals surface area contributed by atoms with Crippen molar-refractivity contribution in [3.63, 3.8) is 0 Å². The molecule has 148 valence electrons. The molecule has 0 aliphatic heterocycles. The van der Waals surface area contributed by atoms with E-state index in [9.17, 15) is 0 Å². The molecule has 0 radical (unpaired) electrons. The van der Waals surface area contributed by atoms with Crippen molar-refractivity contribution in [1.29, 1.82) is 0 Å². The molecule has 1 aliphatic rings. The van der Waals surface area contributed by atoms with E-state index < -0.39 is 0 Å². The first kappa shape index (κ1) is 20.0. The molecule has 2 aromatic rings. The summed E-state index contributed by atoms with van der Waals surface area (Å²) in [6.07, 6.45) is 2.30. The molecule has 1 unspecified atom stereocenters. The van der Waals surface area contributed by atoms with Crippen LogP contribution < -0.4 is 27.4 Å². The van der Waals surface area contributed by atoms with Gasteiger partial charge in [-0.05, 0) is 28.3 Å². The van der Waals surface area contributed by atoms with Crippen molar-refractivity contribution >= 4 is 0 Å². The molecular weight excluding hydrogens is 346 g/mol. The molecule has 2 aromatic carbocycles. The van der Waals surface area contributed by atoms with E-state index in [1.165, 1.54) is 16.8 Å². The van der Waals surface area contributed by atoms with Gasteiger partial charge in [0.05, 0.1) is 11.4 Å². The van der Waals surface area contributed by atoms with E-state index in [1.807, 2.05) is 21.1 Å². The molecule has 5 heteroatoms. The first-order valence-corrected chi connectivity index (χ1v) is 9.74. The number of likely N-dealkylation sites (N-methyl/N-ethyl adjacent to an activating group) is 2. The lowest BCUT2D eigenvalue weighted by molar-refractivity contribution is 0.614. The van der Waals surface area contributed by atoms with Crippen LogP contribution in [0, 0.1) is 5.92 Å². The van der Waals surface area contributed by atoms with Gasteiger partial charge in [-0.1, -0.05) is 48.5 Å². The average Bonchev–Trinajstić information content (AvgIpc) is 3.11. The van der Waals surface area contributed by atoms with E-state index in [-0.39, 0.29) is 11.8 Å². The Kier molecular flexibility index (Phi) is 6.39. The minimum absolute atomic E-state index is 0.148. The van der Waals surface area contributed by atoms with Gasteiger partial charge in [0.25, 0.3) is 0 Å². The minimum atomic E-state index is 0.148. The van der Waals surface area contributed by atoms with Gasteiger partial charge in [-0.15, -0.1) is 0 Å². The number of nitrogens with one attached hydrogen (secondary N) is 3. The van der Waals surface area contributed by atoms with Crippen molar-refractivity contribution in [3.05, 3.63) is 94.0 Å². The van der Waals surface area contributed by atoms with Gasteiger partial charge in [-0.3, -0.25) is 0 Å². The molecule has 3 rings (SSSR count). The fourth-order valence-electron chi connectivity index (χ4n) is 4.12. The van der Waals surface area contributed by atoms with Crippen LogP contribution in [0.5, 0.6) is 0 Å². The van der Waals surface area contributed by atoms with E-state index in [0.717, 1.165) is 22.5 Å². The molecule has 1 atom stereocenters. The maximum atomic E-state index is 5.93. The van der Waals surface area contributed by atoms with Crippen molar-refractivity contribution in [3.8, 4) is 0 Å². The van der Waals surface area contributed by atoms with Crippen LogP contribution in [-0.4, -0.2) is 21.1 Å². The Bertz CT molecular complexity index is 837. The van der Waals surface area contributed by atoms with E-state index in [2.05, 4.69) is 70.6 Å². The molecule has 0 bridgehead atoms. The number of hydrogen-bond acceptors (Lipinski definition) is 5. The summed E-state index contributed by atoms with van der Waals surface area (Å²) in [6, 6.07) is 17.2. The van der Waals surface area contributed by atoms with E-state index >= 15 is 0 Å². The monoisotopic (exact) mass is 377 g/mol. The third-order valence-corrected chi connectivity index (χ3v) is 5.46. The zero-order valence-corrected chi connectivity index (χ0v) is 16.9. The van der Waals surface area contributed by atoms with Crippen LogP contribution in [0.25, 0.3) is 0 Å². The summed E-state index contributed by atoms with van der Waals surface area (Å²) < 4.78 is 0.